The first kappa shape index (κ1) is 9.47. The van der Waals surface area contributed by atoms with E-state index < -0.39 is 0 Å². The van der Waals surface area contributed by atoms with Gasteiger partial charge in [0.05, 0.1) is 6.61 Å². The molecular formula is C11H21NO. The maximum Gasteiger partial charge on any atom is 0.0547 e. The number of hydrogen-bond donors (Lipinski definition) is 0. The van der Waals surface area contributed by atoms with Gasteiger partial charge < -0.3 is 4.74 Å². The molecule has 2 fully saturated rings. The van der Waals surface area contributed by atoms with Gasteiger partial charge in [-0.2, -0.15) is 0 Å². The van der Waals surface area contributed by atoms with Crippen LogP contribution < -0.4 is 0 Å². The standard InChI is InChI=1S/C11H21NO/c1-10(2,3)12-7-11(8-12)5-4-6-13-9-11/h4-9H2,1-3H3. The summed E-state index contributed by atoms with van der Waals surface area (Å²) in [4.78, 5) is 2.56. The molecule has 2 heterocycles. The van der Waals surface area contributed by atoms with Gasteiger partial charge >= 0.3 is 0 Å². The number of hydrogen-bond acceptors (Lipinski definition) is 2. The molecule has 0 aromatic heterocycles. The highest BCUT2D eigenvalue weighted by Gasteiger charge is 2.47. The van der Waals surface area contributed by atoms with E-state index in [1.807, 2.05) is 0 Å². The molecule has 0 amide bonds. The van der Waals surface area contributed by atoms with Gasteiger partial charge in [-0.3, -0.25) is 4.90 Å². The van der Waals surface area contributed by atoms with Gasteiger partial charge in [-0.1, -0.05) is 0 Å². The van der Waals surface area contributed by atoms with Crippen LogP contribution in [-0.2, 0) is 4.74 Å². The molecule has 2 heteroatoms. The van der Waals surface area contributed by atoms with E-state index in [2.05, 4.69) is 25.7 Å². The number of ether oxygens (including phenoxy) is 1. The fourth-order valence-electron chi connectivity index (χ4n) is 2.40. The lowest BCUT2D eigenvalue weighted by molar-refractivity contribution is -0.129. The quantitative estimate of drug-likeness (QED) is 0.568. The summed E-state index contributed by atoms with van der Waals surface area (Å²) >= 11 is 0. The van der Waals surface area contributed by atoms with E-state index in [0.29, 0.717) is 11.0 Å². The van der Waals surface area contributed by atoms with Crippen molar-refractivity contribution < 1.29 is 4.74 Å². The first-order valence-corrected chi connectivity index (χ1v) is 5.35. The summed E-state index contributed by atoms with van der Waals surface area (Å²) in [6.45, 7) is 11.4. The van der Waals surface area contributed by atoms with Gasteiger partial charge in [0, 0.05) is 30.7 Å². The van der Waals surface area contributed by atoms with Gasteiger partial charge in [0.2, 0.25) is 0 Å². The maximum absolute atomic E-state index is 5.56. The van der Waals surface area contributed by atoms with Crippen molar-refractivity contribution in [2.24, 2.45) is 5.41 Å². The Morgan fingerprint density at radius 1 is 1.23 bits per heavy atom. The summed E-state index contributed by atoms with van der Waals surface area (Å²) in [6.07, 6.45) is 2.64. The van der Waals surface area contributed by atoms with E-state index in [9.17, 15) is 0 Å². The molecule has 0 aromatic rings. The van der Waals surface area contributed by atoms with E-state index >= 15 is 0 Å². The second kappa shape index (κ2) is 2.96. The van der Waals surface area contributed by atoms with Gasteiger partial charge in [0.25, 0.3) is 0 Å². The molecule has 0 bridgehead atoms. The zero-order chi connectivity index (χ0) is 9.53. The maximum atomic E-state index is 5.56. The predicted molar refractivity (Wildman–Crippen MR) is 53.8 cm³/mol. The minimum Gasteiger partial charge on any atom is -0.381 e. The van der Waals surface area contributed by atoms with Gasteiger partial charge in [0.1, 0.15) is 0 Å². The molecule has 2 rings (SSSR count). The minimum absolute atomic E-state index is 0.350. The zero-order valence-corrected chi connectivity index (χ0v) is 9.10. The molecule has 0 N–H and O–H groups in total. The SMILES string of the molecule is CC(C)(C)N1CC2(CCCOC2)C1. The van der Waals surface area contributed by atoms with Crippen molar-refractivity contribution in [3.05, 3.63) is 0 Å². The smallest absolute Gasteiger partial charge is 0.0547 e. The molecule has 2 aliphatic rings. The molecule has 76 valence electrons. The fourth-order valence-corrected chi connectivity index (χ4v) is 2.40. The molecule has 0 saturated carbocycles. The topological polar surface area (TPSA) is 12.5 Å². The van der Waals surface area contributed by atoms with Crippen LogP contribution in [0.3, 0.4) is 0 Å². The Labute approximate surface area is 81.3 Å². The van der Waals surface area contributed by atoms with E-state index in [1.54, 1.807) is 0 Å². The van der Waals surface area contributed by atoms with Crippen LogP contribution in [-0.4, -0.2) is 36.7 Å². The Morgan fingerprint density at radius 3 is 2.38 bits per heavy atom. The third-order valence-corrected chi connectivity index (χ3v) is 3.41. The molecule has 2 saturated heterocycles. The number of nitrogens with zero attached hydrogens (tertiary/aromatic N) is 1. The fraction of sp³-hybridized carbons (Fsp3) is 1.00. The predicted octanol–water partition coefficient (Wildman–Crippen LogP) is 1.90. The molecule has 1 spiro atoms. The van der Waals surface area contributed by atoms with Crippen LogP contribution in [0.1, 0.15) is 33.6 Å². The molecule has 0 radical (unpaired) electrons. The van der Waals surface area contributed by atoms with E-state index in [-0.39, 0.29) is 0 Å². The Morgan fingerprint density at radius 2 is 1.92 bits per heavy atom. The van der Waals surface area contributed by atoms with Crippen LogP contribution in [0.15, 0.2) is 0 Å². The van der Waals surface area contributed by atoms with E-state index in [0.717, 1.165) is 13.2 Å². The van der Waals surface area contributed by atoms with Crippen LogP contribution in [0.25, 0.3) is 0 Å². The van der Waals surface area contributed by atoms with Crippen molar-refractivity contribution >= 4 is 0 Å². The van der Waals surface area contributed by atoms with Crippen molar-refractivity contribution in [1.82, 2.24) is 4.90 Å². The zero-order valence-electron chi connectivity index (χ0n) is 9.10. The largest absolute Gasteiger partial charge is 0.381 e. The Hall–Kier alpha value is -0.0800. The Kier molecular flexibility index (Phi) is 2.16. The van der Waals surface area contributed by atoms with Gasteiger partial charge in [-0.05, 0) is 33.6 Å². The molecular weight excluding hydrogens is 162 g/mol. The highest BCUT2D eigenvalue weighted by Crippen LogP contribution is 2.41. The van der Waals surface area contributed by atoms with Crippen LogP contribution in [0.2, 0.25) is 0 Å². The number of rotatable bonds is 0. The molecule has 2 nitrogen and oxygen atoms in total. The lowest BCUT2D eigenvalue weighted by Gasteiger charge is -2.57. The average Bonchev–Trinajstić information content (AvgIpc) is 2.00. The van der Waals surface area contributed by atoms with Crippen LogP contribution in [0, 0.1) is 5.41 Å². The van der Waals surface area contributed by atoms with Crippen molar-refractivity contribution in [1.29, 1.82) is 0 Å². The Balaban J connectivity index is 1.88. The van der Waals surface area contributed by atoms with Crippen molar-refractivity contribution in [2.45, 2.75) is 39.2 Å². The average molecular weight is 183 g/mol. The summed E-state index contributed by atoms with van der Waals surface area (Å²) < 4.78 is 5.56. The second-order valence-corrected chi connectivity index (χ2v) is 5.68. The summed E-state index contributed by atoms with van der Waals surface area (Å²) in [5, 5.41) is 0. The third kappa shape index (κ3) is 1.75. The van der Waals surface area contributed by atoms with Crippen LogP contribution in [0.5, 0.6) is 0 Å². The van der Waals surface area contributed by atoms with Crippen LogP contribution in [0.4, 0.5) is 0 Å². The second-order valence-electron chi connectivity index (χ2n) is 5.68. The Bertz CT molecular complexity index is 181. The van der Waals surface area contributed by atoms with Crippen LogP contribution >= 0.6 is 0 Å². The lowest BCUT2D eigenvalue weighted by atomic mass is 9.73. The first-order chi connectivity index (χ1) is 6.02. The highest BCUT2D eigenvalue weighted by atomic mass is 16.5. The lowest BCUT2D eigenvalue weighted by Crippen LogP contribution is -2.65. The molecule has 2 aliphatic heterocycles. The van der Waals surface area contributed by atoms with Gasteiger partial charge in [0.15, 0.2) is 0 Å². The number of likely N-dealkylation sites (tertiary alicyclic amines) is 1. The molecule has 0 aromatic carbocycles. The summed E-state index contributed by atoms with van der Waals surface area (Å²) in [5.41, 5.74) is 0.883. The molecule has 0 unspecified atom stereocenters. The summed E-state index contributed by atoms with van der Waals surface area (Å²) in [5.74, 6) is 0. The van der Waals surface area contributed by atoms with E-state index in [1.165, 1.54) is 25.9 Å². The normalized spacial score (nSPS) is 28.8. The summed E-state index contributed by atoms with van der Waals surface area (Å²) in [7, 11) is 0. The first-order valence-electron chi connectivity index (χ1n) is 5.35. The highest BCUT2D eigenvalue weighted by molar-refractivity contribution is 5.00. The monoisotopic (exact) mass is 183 g/mol. The third-order valence-electron chi connectivity index (χ3n) is 3.41. The minimum atomic E-state index is 0.350. The molecule has 0 aliphatic carbocycles. The van der Waals surface area contributed by atoms with E-state index in [4.69, 9.17) is 4.74 Å². The van der Waals surface area contributed by atoms with Gasteiger partial charge in [-0.25, -0.2) is 0 Å². The van der Waals surface area contributed by atoms with Crippen molar-refractivity contribution in [3.8, 4) is 0 Å². The van der Waals surface area contributed by atoms with Gasteiger partial charge in [-0.15, -0.1) is 0 Å². The van der Waals surface area contributed by atoms with Crippen molar-refractivity contribution in [3.63, 3.8) is 0 Å². The molecule has 0 atom stereocenters. The van der Waals surface area contributed by atoms with Crippen molar-refractivity contribution in [2.75, 3.05) is 26.3 Å². The summed E-state index contributed by atoms with van der Waals surface area (Å²) in [6, 6.07) is 0. The molecule has 13 heavy (non-hydrogen) atoms.